The van der Waals surface area contributed by atoms with Crippen LogP contribution in [0.25, 0.3) is 0 Å². The summed E-state index contributed by atoms with van der Waals surface area (Å²) in [6.07, 6.45) is 6.93. The van der Waals surface area contributed by atoms with Crippen LogP contribution in [0.2, 0.25) is 0 Å². The smallest absolute Gasteiger partial charge is 0.338 e. The van der Waals surface area contributed by atoms with E-state index < -0.39 is 0 Å². The summed E-state index contributed by atoms with van der Waals surface area (Å²) in [7, 11) is 0. The standard InChI is InChI=1S/C27H24O4/c28-27(29-18-22-17-19-6-7-21(22)16-19)20-8-10-24(11-9-20)31-26-14-12-25(13-15-26)30-23-4-2-1-3-5-23/h1-15,19,21-22H,16-18H2/t19-,21-,22-/m0/s1. The topological polar surface area (TPSA) is 44.8 Å². The van der Waals surface area contributed by atoms with Gasteiger partial charge in [-0.2, -0.15) is 0 Å². The molecule has 3 aromatic rings. The van der Waals surface area contributed by atoms with Gasteiger partial charge in [0.25, 0.3) is 0 Å². The number of carbonyl (C=O) groups is 1. The van der Waals surface area contributed by atoms with E-state index in [1.165, 1.54) is 6.42 Å². The van der Waals surface area contributed by atoms with Gasteiger partial charge in [-0.25, -0.2) is 4.79 Å². The molecule has 1 fully saturated rings. The number of rotatable bonds is 7. The molecule has 0 N–H and O–H groups in total. The zero-order valence-corrected chi connectivity index (χ0v) is 17.1. The Balaban J connectivity index is 1.14. The molecule has 0 spiro atoms. The molecule has 2 aliphatic rings. The number of esters is 1. The van der Waals surface area contributed by atoms with E-state index in [0.29, 0.717) is 41.4 Å². The number of hydrogen-bond donors (Lipinski definition) is 0. The van der Waals surface area contributed by atoms with Gasteiger partial charge in [0.1, 0.15) is 23.0 Å². The van der Waals surface area contributed by atoms with Crippen molar-refractivity contribution in [1.82, 2.24) is 0 Å². The molecular weight excluding hydrogens is 388 g/mol. The zero-order chi connectivity index (χ0) is 21.0. The van der Waals surface area contributed by atoms with Gasteiger partial charge >= 0.3 is 5.97 Å². The van der Waals surface area contributed by atoms with E-state index in [9.17, 15) is 4.79 Å². The molecule has 0 amide bonds. The van der Waals surface area contributed by atoms with Crippen molar-refractivity contribution in [2.75, 3.05) is 6.61 Å². The molecule has 3 atom stereocenters. The number of para-hydroxylation sites is 1. The van der Waals surface area contributed by atoms with Gasteiger partial charge in [-0.05, 0) is 91.3 Å². The Hall–Kier alpha value is -3.53. The zero-order valence-electron chi connectivity index (χ0n) is 17.1. The van der Waals surface area contributed by atoms with Gasteiger partial charge in [0.2, 0.25) is 0 Å². The molecule has 4 heteroatoms. The molecule has 4 nitrogen and oxygen atoms in total. The highest BCUT2D eigenvalue weighted by Crippen LogP contribution is 2.43. The Labute approximate surface area is 182 Å². The number of benzene rings is 3. The summed E-state index contributed by atoms with van der Waals surface area (Å²) >= 11 is 0. The Morgan fingerprint density at radius 1 is 0.710 bits per heavy atom. The first-order valence-corrected chi connectivity index (χ1v) is 10.7. The summed E-state index contributed by atoms with van der Waals surface area (Å²) in [5.41, 5.74) is 0.539. The highest BCUT2D eigenvalue weighted by molar-refractivity contribution is 5.89. The third-order valence-corrected chi connectivity index (χ3v) is 5.97. The van der Waals surface area contributed by atoms with Crippen LogP contribution in [0.1, 0.15) is 23.2 Å². The van der Waals surface area contributed by atoms with Gasteiger partial charge in [0.15, 0.2) is 0 Å². The third kappa shape index (κ3) is 4.64. The summed E-state index contributed by atoms with van der Waals surface area (Å²) < 4.78 is 17.2. The average molecular weight is 412 g/mol. The van der Waals surface area contributed by atoms with Crippen LogP contribution in [0.3, 0.4) is 0 Å². The maximum atomic E-state index is 12.4. The maximum absolute atomic E-state index is 12.4. The van der Waals surface area contributed by atoms with Gasteiger partial charge in [0, 0.05) is 0 Å². The van der Waals surface area contributed by atoms with Crippen LogP contribution in [-0.4, -0.2) is 12.6 Å². The molecule has 156 valence electrons. The van der Waals surface area contributed by atoms with Crippen molar-refractivity contribution in [3.63, 3.8) is 0 Å². The molecule has 0 radical (unpaired) electrons. The Kier molecular flexibility index (Phi) is 5.44. The molecule has 2 aliphatic carbocycles. The maximum Gasteiger partial charge on any atom is 0.338 e. The monoisotopic (exact) mass is 412 g/mol. The van der Waals surface area contributed by atoms with E-state index in [1.807, 2.05) is 54.6 Å². The molecule has 2 bridgehead atoms. The molecule has 5 rings (SSSR count). The highest BCUT2D eigenvalue weighted by atomic mass is 16.5. The second-order valence-corrected chi connectivity index (χ2v) is 8.15. The fourth-order valence-electron chi connectivity index (χ4n) is 4.35. The molecule has 31 heavy (non-hydrogen) atoms. The predicted octanol–water partition coefficient (Wildman–Crippen LogP) is 6.64. The second kappa shape index (κ2) is 8.68. The lowest BCUT2D eigenvalue weighted by Gasteiger charge is -2.17. The first-order valence-electron chi connectivity index (χ1n) is 10.7. The lowest BCUT2D eigenvalue weighted by molar-refractivity contribution is 0.0420. The Morgan fingerprint density at radius 2 is 1.29 bits per heavy atom. The fraction of sp³-hybridized carbons (Fsp3) is 0.222. The quantitative estimate of drug-likeness (QED) is 0.322. The Morgan fingerprint density at radius 3 is 1.84 bits per heavy atom. The van der Waals surface area contributed by atoms with Crippen LogP contribution in [0.15, 0.2) is 91.0 Å². The van der Waals surface area contributed by atoms with Crippen LogP contribution >= 0.6 is 0 Å². The first kappa shape index (κ1) is 19.4. The number of allylic oxidation sites excluding steroid dienone is 2. The molecule has 0 unspecified atom stereocenters. The van der Waals surface area contributed by atoms with Crippen molar-refractivity contribution < 1.29 is 19.0 Å². The van der Waals surface area contributed by atoms with Gasteiger partial charge in [0.05, 0.1) is 12.2 Å². The van der Waals surface area contributed by atoms with Crippen LogP contribution < -0.4 is 9.47 Å². The molecule has 1 saturated carbocycles. The van der Waals surface area contributed by atoms with Crippen molar-refractivity contribution in [2.24, 2.45) is 17.8 Å². The molecule has 0 saturated heterocycles. The van der Waals surface area contributed by atoms with Gasteiger partial charge < -0.3 is 14.2 Å². The van der Waals surface area contributed by atoms with E-state index in [-0.39, 0.29) is 5.97 Å². The van der Waals surface area contributed by atoms with Crippen molar-refractivity contribution in [1.29, 1.82) is 0 Å². The third-order valence-electron chi connectivity index (χ3n) is 5.97. The van der Waals surface area contributed by atoms with E-state index in [1.54, 1.807) is 24.3 Å². The van der Waals surface area contributed by atoms with Crippen LogP contribution in [0, 0.1) is 17.8 Å². The van der Waals surface area contributed by atoms with Crippen molar-refractivity contribution in [2.45, 2.75) is 12.8 Å². The average Bonchev–Trinajstić information content (AvgIpc) is 3.44. The van der Waals surface area contributed by atoms with E-state index in [2.05, 4.69) is 12.2 Å². The molecular formula is C27H24O4. The van der Waals surface area contributed by atoms with Crippen molar-refractivity contribution in [3.05, 3.63) is 96.6 Å². The van der Waals surface area contributed by atoms with E-state index in [4.69, 9.17) is 14.2 Å². The molecule has 3 aromatic carbocycles. The van der Waals surface area contributed by atoms with Crippen LogP contribution in [0.4, 0.5) is 0 Å². The Bertz CT molecular complexity index is 1050. The van der Waals surface area contributed by atoms with E-state index >= 15 is 0 Å². The number of hydrogen-bond acceptors (Lipinski definition) is 4. The summed E-state index contributed by atoms with van der Waals surface area (Å²) in [5, 5.41) is 0. The van der Waals surface area contributed by atoms with Gasteiger partial charge in [-0.3, -0.25) is 0 Å². The van der Waals surface area contributed by atoms with Gasteiger partial charge in [-0.1, -0.05) is 30.4 Å². The van der Waals surface area contributed by atoms with Crippen LogP contribution in [-0.2, 0) is 4.74 Å². The van der Waals surface area contributed by atoms with Crippen molar-refractivity contribution in [3.8, 4) is 23.0 Å². The minimum Gasteiger partial charge on any atom is -0.462 e. The fourth-order valence-corrected chi connectivity index (χ4v) is 4.35. The molecule has 0 heterocycles. The summed E-state index contributed by atoms with van der Waals surface area (Å²) in [6, 6.07) is 24.1. The molecule has 0 aromatic heterocycles. The van der Waals surface area contributed by atoms with Crippen LogP contribution in [0.5, 0.6) is 23.0 Å². The minimum absolute atomic E-state index is 0.277. The molecule has 0 aliphatic heterocycles. The normalized spacial score (nSPS) is 21.1. The second-order valence-electron chi connectivity index (χ2n) is 8.15. The summed E-state index contributed by atoms with van der Waals surface area (Å²) in [4.78, 5) is 12.4. The summed E-state index contributed by atoms with van der Waals surface area (Å²) in [5.74, 6) is 4.34. The number of ether oxygens (including phenoxy) is 3. The van der Waals surface area contributed by atoms with Crippen molar-refractivity contribution >= 4 is 5.97 Å². The predicted molar refractivity (Wildman–Crippen MR) is 119 cm³/mol. The lowest BCUT2D eigenvalue weighted by atomic mass is 9.95. The minimum atomic E-state index is -0.277. The van der Waals surface area contributed by atoms with E-state index in [0.717, 1.165) is 17.9 Å². The number of fused-ring (bicyclic) bond motifs is 2. The number of carbonyl (C=O) groups excluding carboxylic acids is 1. The summed E-state index contributed by atoms with van der Waals surface area (Å²) in [6.45, 7) is 0.500. The lowest BCUT2D eigenvalue weighted by Crippen LogP contribution is -2.17. The highest BCUT2D eigenvalue weighted by Gasteiger charge is 2.36. The largest absolute Gasteiger partial charge is 0.462 e. The first-order chi connectivity index (χ1) is 15.2. The SMILES string of the molecule is O=C(OC[C@@H]1C[C@H]2C=C[C@H]1C2)c1ccc(Oc2ccc(Oc3ccccc3)cc2)cc1. The van der Waals surface area contributed by atoms with Gasteiger partial charge in [-0.15, -0.1) is 0 Å².